The first-order valence-corrected chi connectivity index (χ1v) is 9.62. The minimum atomic E-state index is -0.775. The fourth-order valence-electron chi connectivity index (χ4n) is 2.25. The average molecular weight is 431 g/mol. The summed E-state index contributed by atoms with van der Waals surface area (Å²) >= 11 is 0. The van der Waals surface area contributed by atoms with Crippen molar-refractivity contribution in [2.45, 2.75) is 40.2 Å². The summed E-state index contributed by atoms with van der Waals surface area (Å²) in [4.78, 5) is 35.5. The Labute approximate surface area is 180 Å². The van der Waals surface area contributed by atoms with E-state index < -0.39 is 23.4 Å². The van der Waals surface area contributed by atoms with Gasteiger partial charge < -0.3 is 9.47 Å². The molecule has 0 spiro atoms. The first-order valence-electron chi connectivity index (χ1n) is 9.62. The van der Waals surface area contributed by atoms with Gasteiger partial charge in [-0.1, -0.05) is 19.9 Å². The van der Waals surface area contributed by atoms with Gasteiger partial charge in [-0.25, -0.2) is 9.18 Å². The summed E-state index contributed by atoms with van der Waals surface area (Å²) in [5, 5.41) is 2.33. The number of amides is 3. The summed E-state index contributed by atoms with van der Waals surface area (Å²) < 4.78 is 25.0. The largest absolute Gasteiger partial charge is 0.457 e. The van der Waals surface area contributed by atoms with E-state index in [1.165, 1.54) is 24.3 Å². The molecule has 0 aliphatic rings. The molecule has 0 heterocycles. The number of hydrazine groups is 1. The van der Waals surface area contributed by atoms with Crippen molar-refractivity contribution < 1.29 is 28.2 Å². The van der Waals surface area contributed by atoms with Crippen LogP contribution >= 0.6 is 0 Å². The Balaban J connectivity index is 2.04. The summed E-state index contributed by atoms with van der Waals surface area (Å²) in [5.74, 6) is -1.39. The molecule has 8 nitrogen and oxygen atoms in total. The molecule has 2 aromatic carbocycles. The second kappa shape index (κ2) is 9.92. The first kappa shape index (κ1) is 23.7. The molecule has 0 saturated carbocycles. The summed E-state index contributed by atoms with van der Waals surface area (Å²) in [6.45, 7) is 8.50. The molecule has 166 valence electrons. The Kier molecular flexibility index (Phi) is 7.57. The predicted octanol–water partition coefficient (Wildman–Crippen LogP) is 4.38. The highest BCUT2D eigenvalue weighted by molar-refractivity contribution is 5.95. The number of halogens is 1. The maximum absolute atomic E-state index is 14.3. The molecule has 31 heavy (non-hydrogen) atoms. The van der Waals surface area contributed by atoms with Gasteiger partial charge >= 0.3 is 6.09 Å². The van der Waals surface area contributed by atoms with E-state index in [0.29, 0.717) is 0 Å². The minimum Gasteiger partial charge on any atom is -0.457 e. The van der Waals surface area contributed by atoms with Crippen LogP contribution in [0.1, 0.15) is 45.0 Å². The molecule has 2 aromatic rings. The minimum absolute atomic E-state index is 0.0596. The molecule has 0 atom stereocenters. The van der Waals surface area contributed by atoms with Crippen molar-refractivity contribution in [1.29, 1.82) is 0 Å². The number of rotatable bonds is 5. The Bertz CT molecular complexity index is 970. The molecule has 0 saturated heterocycles. The van der Waals surface area contributed by atoms with Crippen LogP contribution in [0.2, 0.25) is 0 Å². The Morgan fingerprint density at radius 1 is 0.968 bits per heavy atom. The third-order valence-electron chi connectivity index (χ3n) is 3.73. The smallest absolute Gasteiger partial charge is 0.412 e. The highest BCUT2D eigenvalue weighted by atomic mass is 19.1. The molecule has 2 rings (SSSR count). The van der Waals surface area contributed by atoms with Crippen LogP contribution in [0.5, 0.6) is 11.5 Å². The normalized spacial score (nSPS) is 10.9. The van der Waals surface area contributed by atoms with E-state index >= 15 is 0 Å². The van der Waals surface area contributed by atoms with Crippen LogP contribution in [0, 0.1) is 11.7 Å². The third kappa shape index (κ3) is 7.61. The van der Waals surface area contributed by atoms with Crippen LogP contribution in [0.25, 0.3) is 0 Å². The standard InChI is InChI=1S/C22H26FN3O5/c1-13(2)19(27)25-26-20(28)14-7-6-8-15(11-14)30-16-9-10-18(17(23)12-16)24-21(29)31-22(3,4)5/h6-13H,1-5H3,(H,24,29)(H,25,27)(H,26,28). The molecule has 0 unspecified atom stereocenters. The number of ether oxygens (including phenoxy) is 2. The molecule has 0 aromatic heterocycles. The van der Waals surface area contributed by atoms with Gasteiger partial charge in [0.2, 0.25) is 5.91 Å². The van der Waals surface area contributed by atoms with Gasteiger partial charge in [0.15, 0.2) is 5.82 Å². The van der Waals surface area contributed by atoms with Gasteiger partial charge in [-0.05, 0) is 51.1 Å². The lowest BCUT2D eigenvalue weighted by atomic mass is 10.2. The van der Waals surface area contributed by atoms with Crippen LogP contribution in [-0.2, 0) is 9.53 Å². The van der Waals surface area contributed by atoms with E-state index in [1.807, 2.05) is 0 Å². The van der Waals surface area contributed by atoms with Crippen LogP contribution in [-0.4, -0.2) is 23.5 Å². The first-order chi connectivity index (χ1) is 14.4. The number of hydrogen-bond acceptors (Lipinski definition) is 5. The highest BCUT2D eigenvalue weighted by Gasteiger charge is 2.18. The zero-order chi connectivity index (χ0) is 23.2. The zero-order valence-corrected chi connectivity index (χ0v) is 18.0. The van der Waals surface area contributed by atoms with Crippen molar-refractivity contribution >= 4 is 23.6 Å². The van der Waals surface area contributed by atoms with Gasteiger partial charge in [0.05, 0.1) is 5.69 Å². The molecule has 0 aliphatic heterocycles. The number of carbonyl (C=O) groups is 3. The molecular weight excluding hydrogens is 405 g/mol. The molecule has 0 radical (unpaired) electrons. The van der Waals surface area contributed by atoms with Gasteiger partial charge in [0.1, 0.15) is 17.1 Å². The monoisotopic (exact) mass is 431 g/mol. The molecular formula is C22H26FN3O5. The Morgan fingerprint density at radius 2 is 1.65 bits per heavy atom. The van der Waals surface area contributed by atoms with Gasteiger partial charge in [-0.15, -0.1) is 0 Å². The van der Waals surface area contributed by atoms with Crippen molar-refractivity contribution in [3.05, 3.63) is 53.8 Å². The lowest BCUT2D eigenvalue weighted by Gasteiger charge is -2.19. The molecule has 9 heteroatoms. The van der Waals surface area contributed by atoms with Crippen molar-refractivity contribution in [3.63, 3.8) is 0 Å². The van der Waals surface area contributed by atoms with Crippen molar-refractivity contribution in [1.82, 2.24) is 10.9 Å². The van der Waals surface area contributed by atoms with Crippen molar-refractivity contribution in [3.8, 4) is 11.5 Å². The quantitative estimate of drug-likeness (QED) is 0.609. The number of anilines is 1. The Morgan fingerprint density at radius 3 is 2.26 bits per heavy atom. The summed E-state index contributed by atoms with van der Waals surface area (Å²) in [6.07, 6.45) is -0.775. The van der Waals surface area contributed by atoms with Gasteiger partial charge in [0.25, 0.3) is 5.91 Å². The van der Waals surface area contributed by atoms with E-state index in [9.17, 15) is 18.8 Å². The van der Waals surface area contributed by atoms with E-state index in [-0.39, 0.29) is 34.6 Å². The van der Waals surface area contributed by atoms with Crippen LogP contribution < -0.4 is 20.9 Å². The van der Waals surface area contributed by atoms with Gasteiger partial charge in [-0.2, -0.15) is 0 Å². The van der Waals surface area contributed by atoms with Gasteiger partial charge in [-0.3, -0.25) is 25.8 Å². The number of carbonyl (C=O) groups excluding carboxylic acids is 3. The van der Waals surface area contributed by atoms with E-state index in [1.54, 1.807) is 46.8 Å². The van der Waals surface area contributed by atoms with Crippen molar-refractivity contribution in [2.75, 3.05) is 5.32 Å². The maximum Gasteiger partial charge on any atom is 0.412 e. The second-order valence-corrected chi connectivity index (χ2v) is 8.00. The van der Waals surface area contributed by atoms with E-state index in [4.69, 9.17) is 9.47 Å². The van der Waals surface area contributed by atoms with Crippen molar-refractivity contribution in [2.24, 2.45) is 5.92 Å². The highest BCUT2D eigenvalue weighted by Crippen LogP contribution is 2.26. The van der Waals surface area contributed by atoms with Gasteiger partial charge in [0, 0.05) is 17.5 Å². The molecule has 0 aliphatic carbocycles. The summed E-state index contributed by atoms with van der Waals surface area (Å²) in [6, 6.07) is 10.1. The summed E-state index contributed by atoms with van der Waals surface area (Å²) in [5.41, 5.74) is 4.11. The number of hydrogen-bond donors (Lipinski definition) is 3. The second-order valence-electron chi connectivity index (χ2n) is 8.00. The number of nitrogens with one attached hydrogen (secondary N) is 3. The predicted molar refractivity (Wildman–Crippen MR) is 113 cm³/mol. The SMILES string of the molecule is CC(C)C(=O)NNC(=O)c1cccc(Oc2ccc(NC(=O)OC(C)(C)C)c(F)c2)c1. The van der Waals surface area contributed by atoms with E-state index in [2.05, 4.69) is 16.2 Å². The molecule has 0 fully saturated rings. The lowest BCUT2D eigenvalue weighted by molar-refractivity contribution is -0.124. The maximum atomic E-state index is 14.3. The molecule has 3 N–H and O–H groups in total. The Hall–Kier alpha value is -3.62. The topological polar surface area (TPSA) is 106 Å². The third-order valence-corrected chi connectivity index (χ3v) is 3.73. The van der Waals surface area contributed by atoms with Crippen LogP contribution in [0.3, 0.4) is 0 Å². The van der Waals surface area contributed by atoms with E-state index in [0.717, 1.165) is 6.07 Å². The van der Waals surface area contributed by atoms with Crippen LogP contribution in [0.15, 0.2) is 42.5 Å². The molecule has 0 bridgehead atoms. The average Bonchev–Trinajstić information content (AvgIpc) is 2.66. The molecule has 3 amide bonds. The fourth-order valence-corrected chi connectivity index (χ4v) is 2.25. The van der Waals surface area contributed by atoms with Crippen LogP contribution in [0.4, 0.5) is 14.9 Å². The fraction of sp³-hybridized carbons (Fsp3) is 0.318. The number of benzene rings is 2. The zero-order valence-electron chi connectivity index (χ0n) is 18.0. The lowest BCUT2D eigenvalue weighted by Crippen LogP contribution is -2.43. The summed E-state index contributed by atoms with van der Waals surface area (Å²) in [7, 11) is 0.